The van der Waals surface area contributed by atoms with Gasteiger partial charge in [0.25, 0.3) is 0 Å². The Labute approximate surface area is 95.5 Å². The van der Waals surface area contributed by atoms with Crippen molar-refractivity contribution in [2.24, 2.45) is 0 Å². The van der Waals surface area contributed by atoms with Crippen LogP contribution in [0.25, 0.3) is 0 Å². The molecule has 3 unspecified atom stereocenters. The van der Waals surface area contributed by atoms with E-state index in [4.69, 9.17) is 0 Å². The first-order chi connectivity index (χ1) is 7.58. The quantitative estimate of drug-likeness (QED) is 0.816. The predicted octanol–water partition coefficient (Wildman–Crippen LogP) is 1.75. The molecule has 0 aromatic heterocycles. The molecule has 1 aromatic carbocycles. The van der Waals surface area contributed by atoms with Crippen molar-refractivity contribution in [2.45, 2.75) is 19.0 Å². The van der Waals surface area contributed by atoms with Crippen molar-refractivity contribution < 1.29 is 13.0 Å². The topological polar surface area (TPSA) is 29.1 Å². The molecule has 1 aromatic rings. The van der Waals surface area contributed by atoms with Crippen LogP contribution in [0.3, 0.4) is 0 Å². The maximum absolute atomic E-state index is 13.5. The standard InChI is InChI=1S/C11H13F2NOS/c1-7-5-16(15)6-10(14-7)8-3-2-4-9(12)11(8)13/h2-4,7,10,14H,5-6H2,1H3. The number of halogens is 2. The van der Waals surface area contributed by atoms with E-state index in [2.05, 4.69) is 5.32 Å². The van der Waals surface area contributed by atoms with Gasteiger partial charge in [-0.2, -0.15) is 0 Å². The maximum atomic E-state index is 13.5. The smallest absolute Gasteiger partial charge is 0.163 e. The minimum Gasteiger partial charge on any atom is -0.306 e. The second-order valence-electron chi connectivity index (χ2n) is 4.04. The summed E-state index contributed by atoms with van der Waals surface area (Å²) in [5, 5.41) is 3.13. The number of benzene rings is 1. The van der Waals surface area contributed by atoms with E-state index in [1.807, 2.05) is 6.92 Å². The highest BCUT2D eigenvalue weighted by molar-refractivity contribution is 7.85. The molecule has 0 radical (unpaired) electrons. The minimum atomic E-state index is -0.967. The van der Waals surface area contributed by atoms with Crippen LogP contribution in [0.15, 0.2) is 18.2 Å². The summed E-state index contributed by atoms with van der Waals surface area (Å²) in [4.78, 5) is 0. The van der Waals surface area contributed by atoms with Crippen molar-refractivity contribution >= 4 is 10.8 Å². The van der Waals surface area contributed by atoms with Crippen LogP contribution in [0.1, 0.15) is 18.5 Å². The van der Waals surface area contributed by atoms with Gasteiger partial charge in [0.05, 0.1) is 0 Å². The van der Waals surface area contributed by atoms with E-state index in [1.165, 1.54) is 12.1 Å². The van der Waals surface area contributed by atoms with E-state index in [0.717, 1.165) is 6.07 Å². The summed E-state index contributed by atoms with van der Waals surface area (Å²) >= 11 is 0. The number of rotatable bonds is 1. The molecule has 1 saturated heterocycles. The Morgan fingerprint density at radius 1 is 1.38 bits per heavy atom. The van der Waals surface area contributed by atoms with E-state index < -0.39 is 22.4 Å². The Morgan fingerprint density at radius 3 is 2.81 bits per heavy atom. The summed E-state index contributed by atoms with van der Waals surface area (Å²) in [5.74, 6) is -0.799. The van der Waals surface area contributed by atoms with Crippen molar-refractivity contribution in [3.63, 3.8) is 0 Å². The van der Waals surface area contributed by atoms with Gasteiger partial charge in [-0.1, -0.05) is 12.1 Å². The van der Waals surface area contributed by atoms with Crippen molar-refractivity contribution in [2.75, 3.05) is 11.5 Å². The largest absolute Gasteiger partial charge is 0.306 e. The average Bonchev–Trinajstić information content (AvgIpc) is 2.20. The first-order valence-electron chi connectivity index (χ1n) is 5.13. The van der Waals surface area contributed by atoms with Crippen LogP contribution in [-0.4, -0.2) is 21.8 Å². The van der Waals surface area contributed by atoms with Gasteiger partial charge in [0, 0.05) is 40.0 Å². The van der Waals surface area contributed by atoms with Gasteiger partial charge in [-0.15, -0.1) is 0 Å². The van der Waals surface area contributed by atoms with Gasteiger partial charge >= 0.3 is 0 Å². The number of hydrogen-bond donors (Lipinski definition) is 1. The lowest BCUT2D eigenvalue weighted by Crippen LogP contribution is -2.43. The third kappa shape index (κ3) is 2.30. The Bertz CT molecular complexity index is 424. The average molecular weight is 245 g/mol. The summed E-state index contributed by atoms with van der Waals surface area (Å²) in [6.45, 7) is 1.89. The van der Waals surface area contributed by atoms with Crippen LogP contribution in [-0.2, 0) is 10.8 Å². The third-order valence-corrected chi connectivity index (χ3v) is 4.21. The highest BCUT2D eigenvalue weighted by Gasteiger charge is 2.26. The Kier molecular flexibility index (Phi) is 3.35. The predicted molar refractivity (Wildman–Crippen MR) is 59.6 cm³/mol. The molecule has 0 amide bonds. The zero-order valence-corrected chi connectivity index (χ0v) is 9.69. The van der Waals surface area contributed by atoms with Crippen LogP contribution in [0.2, 0.25) is 0 Å². The normalized spacial score (nSPS) is 30.3. The monoisotopic (exact) mass is 245 g/mol. The van der Waals surface area contributed by atoms with Gasteiger partial charge in [-0.25, -0.2) is 8.78 Å². The van der Waals surface area contributed by atoms with Crippen molar-refractivity contribution in [3.05, 3.63) is 35.4 Å². The molecule has 2 rings (SSSR count). The highest BCUT2D eigenvalue weighted by atomic mass is 32.2. The molecule has 1 fully saturated rings. The van der Waals surface area contributed by atoms with Crippen LogP contribution in [0.5, 0.6) is 0 Å². The molecule has 1 N–H and O–H groups in total. The van der Waals surface area contributed by atoms with E-state index in [-0.39, 0.29) is 17.6 Å². The molecule has 3 atom stereocenters. The zero-order valence-electron chi connectivity index (χ0n) is 8.87. The fourth-order valence-electron chi connectivity index (χ4n) is 1.94. The maximum Gasteiger partial charge on any atom is 0.163 e. The highest BCUT2D eigenvalue weighted by Crippen LogP contribution is 2.23. The Morgan fingerprint density at radius 2 is 2.12 bits per heavy atom. The van der Waals surface area contributed by atoms with Crippen molar-refractivity contribution in [3.8, 4) is 0 Å². The van der Waals surface area contributed by atoms with Crippen molar-refractivity contribution in [1.82, 2.24) is 5.32 Å². The summed E-state index contributed by atoms with van der Waals surface area (Å²) in [6, 6.07) is 3.79. The van der Waals surface area contributed by atoms with Gasteiger partial charge in [0.2, 0.25) is 0 Å². The number of hydrogen-bond acceptors (Lipinski definition) is 2. The Balaban J connectivity index is 2.29. The first kappa shape index (κ1) is 11.7. The molecular weight excluding hydrogens is 232 g/mol. The molecule has 88 valence electrons. The van der Waals surface area contributed by atoms with Gasteiger partial charge in [0.15, 0.2) is 11.6 Å². The van der Waals surface area contributed by atoms with Gasteiger partial charge in [0.1, 0.15) is 0 Å². The lowest BCUT2D eigenvalue weighted by molar-refractivity contribution is 0.447. The second-order valence-corrected chi connectivity index (χ2v) is 5.58. The summed E-state index contributed by atoms with van der Waals surface area (Å²) < 4.78 is 38.1. The molecule has 5 heteroatoms. The molecule has 0 aliphatic carbocycles. The van der Waals surface area contributed by atoms with E-state index in [9.17, 15) is 13.0 Å². The first-order valence-corrected chi connectivity index (χ1v) is 6.61. The van der Waals surface area contributed by atoms with Gasteiger partial charge < -0.3 is 5.32 Å². The molecule has 1 heterocycles. The number of nitrogens with one attached hydrogen (secondary N) is 1. The SMILES string of the molecule is CC1CS(=O)CC(c2cccc(F)c2F)N1. The van der Waals surface area contributed by atoms with Crippen LogP contribution in [0, 0.1) is 11.6 Å². The third-order valence-electron chi connectivity index (χ3n) is 2.63. The molecule has 2 nitrogen and oxygen atoms in total. The Hall–Kier alpha value is -0.810. The van der Waals surface area contributed by atoms with Gasteiger partial charge in [-0.05, 0) is 13.0 Å². The van der Waals surface area contributed by atoms with E-state index >= 15 is 0 Å². The van der Waals surface area contributed by atoms with Crippen LogP contribution < -0.4 is 5.32 Å². The fraction of sp³-hybridized carbons (Fsp3) is 0.455. The second kappa shape index (κ2) is 4.59. The molecule has 1 aliphatic rings. The lowest BCUT2D eigenvalue weighted by atomic mass is 10.1. The van der Waals surface area contributed by atoms with Gasteiger partial charge in [-0.3, -0.25) is 4.21 Å². The molecular formula is C11H13F2NOS. The summed E-state index contributed by atoms with van der Waals surface area (Å²) in [5.41, 5.74) is 0.264. The van der Waals surface area contributed by atoms with Crippen molar-refractivity contribution in [1.29, 1.82) is 0 Å². The van der Waals surface area contributed by atoms with E-state index in [1.54, 1.807) is 0 Å². The molecule has 0 spiro atoms. The fourth-order valence-corrected chi connectivity index (χ4v) is 3.38. The molecule has 0 bridgehead atoms. The van der Waals surface area contributed by atoms with Crippen LogP contribution in [0.4, 0.5) is 8.78 Å². The molecule has 1 aliphatic heterocycles. The molecule has 0 saturated carbocycles. The molecule has 16 heavy (non-hydrogen) atoms. The minimum absolute atomic E-state index is 0.0576. The summed E-state index contributed by atoms with van der Waals surface area (Å²) in [7, 11) is -0.967. The lowest BCUT2D eigenvalue weighted by Gasteiger charge is -2.28. The van der Waals surface area contributed by atoms with E-state index in [0.29, 0.717) is 11.5 Å². The zero-order chi connectivity index (χ0) is 11.7. The van der Waals surface area contributed by atoms with Crippen LogP contribution >= 0.6 is 0 Å². The summed E-state index contributed by atoms with van der Waals surface area (Å²) in [6.07, 6.45) is 0.